The summed E-state index contributed by atoms with van der Waals surface area (Å²) in [6.45, 7) is 5.14. The number of rotatable bonds is 8. The molecule has 0 aromatic carbocycles. The zero-order valence-corrected chi connectivity index (χ0v) is 11.6. The van der Waals surface area contributed by atoms with E-state index in [-0.39, 0.29) is 19.0 Å². The average Bonchev–Trinajstić information content (AvgIpc) is 3.13. The minimum absolute atomic E-state index is 0.0315. The first-order valence-corrected chi connectivity index (χ1v) is 6.87. The fourth-order valence-corrected chi connectivity index (χ4v) is 1.77. The molecule has 0 spiro atoms. The molecule has 1 saturated carbocycles. The van der Waals surface area contributed by atoms with Crippen LogP contribution in [0.3, 0.4) is 0 Å². The maximum Gasteiger partial charge on any atom is 0.332 e. The molecule has 1 aliphatic rings. The second kappa shape index (κ2) is 7.33. The van der Waals surface area contributed by atoms with Gasteiger partial charge in [0, 0.05) is 25.6 Å². The van der Waals surface area contributed by atoms with Gasteiger partial charge >= 0.3 is 12.0 Å². The standard InChI is InChI=1S/C13H24N2O4/c1-9(2)6-8-15(10-3-4-10)13(19)14-7-5-11(16)12(17)18/h9-11,16H,3-8H2,1-2H3,(H,14,19)(H,17,18)/t11-/m0/s1. The number of aliphatic hydroxyl groups is 1. The lowest BCUT2D eigenvalue weighted by Crippen LogP contribution is -2.43. The smallest absolute Gasteiger partial charge is 0.332 e. The van der Waals surface area contributed by atoms with Crippen LogP contribution in [0.2, 0.25) is 0 Å². The number of amides is 2. The van der Waals surface area contributed by atoms with Crippen molar-refractivity contribution < 1.29 is 19.8 Å². The minimum Gasteiger partial charge on any atom is -0.479 e. The van der Waals surface area contributed by atoms with Crippen LogP contribution in [0.25, 0.3) is 0 Å². The first kappa shape index (κ1) is 15.8. The molecule has 2 amide bonds. The fraction of sp³-hybridized carbons (Fsp3) is 0.846. The van der Waals surface area contributed by atoms with Gasteiger partial charge in [-0.25, -0.2) is 9.59 Å². The van der Waals surface area contributed by atoms with Crippen molar-refractivity contribution in [1.29, 1.82) is 0 Å². The number of nitrogens with one attached hydrogen (secondary N) is 1. The predicted octanol–water partition coefficient (Wildman–Crippen LogP) is 1.04. The third-order valence-corrected chi connectivity index (χ3v) is 3.17. The first-order valence-electron chi connectivity index (χ1n) is 6.87. The molecule has 110 valence electrons. The van der Waals surface area contributed by atoms with E-state index in [0.717, 1.165) is 25.8 Å². The van der Waals surface area contributed by atoms with E-state index in [1.165, 1.54) is 0 Å². The third-order valence-electron chi connectivity index (χ3n) is 3.17. The molecule has 1 aliphatic carbocycles. The number of aliphatic hydroxyl groups excluding tert-OH is 1. The maximum atomic E-state index is 12.0. The lowest BCUT2D eigenvalue weighted by atomic mass is 10.1. The van der Waals surface area contributed by atoms with Crippen molar-refractivity contribution >= 4 is 12.0 Å². The van der Waals surface area contributed by atoms with Crippen molar-refractivity contribution in [2.45, 2.75) is 51.7 Å². The average molecular weight is 272 g/mol. The van der Waals surface area contributed by atoms with Crippen LogP contribution in [0.1, 0.15) is 39.5 Å². The van der Waals surface area contributed by atoms with Gasteiger partial charge < -0.3 is 20.4 Å². The second-order valence-electron chi connectivity index (χ2n) is 5.48. The number of carbonyl (C=O) groups is 2. The lowest BCUT2D eigenvalue weighted by molar-refractivity contribution is -0.146. The molecule has 19 heavy (non-hydrogen) atoms. The lowest BCUT2D eigenvalue weighted by Gasteiger charge is -2.23. The second-order valence-corrected chi connectivity index (χ2v) is 5.48. The van der Waals surface area contributed by atoms with Crippen molar-refractivity contribution in [3.05, 3.63) is 0 Å². The quantitative estimate of drug-likeness (QED) is 0.616. The number of nitrogens with zero attached hydrogens (tertiary/aromatic N) is 1. The number of carbonyl (C=O) groups excluding carboxylic acids is 1. The Kier molecular flexibility index (Phi) is 6.08. The summed E-state index contributed by atoms with van der Waals surface area (Å²) in [4.78, 5) is 24.2. The molecular weight excluding hydrogens is 248 g/mol. The molecule has 1 atom stereocenters. The zero-order valence-electron chi connectivity index (χ0n) is 11.6. The SMILES string of the molecule is CC(C)CCN(C(=O)NCC[C@H](O)C(=O)O)C1CC1. The Morgan fingerprint density at radius 3 is 2.42 bits per heavy atom. The van der Waals surface area contributed by atoms with Crippen molar-refractivity contribution in [3.8, 4) is 0 Å². The molecule has 0 aromatic rings. The summed E-state index contributed by atoms with van der Waals surface area (Å²) < 4.78 is 0. The Hall–Kier alpha value is -1.30. The Bertz CT molecular complexity index is 316. The van der Waals surface area contributed by atoms with E-state index in [0.29, 0.717) is 12.0 Å². The molecule has 0 aliphatic heterocycles. The fourth-order valence-electron chi connectivity index (χ4n) is 1.77. The number of carboxylic acids is 1. The van der Waals surface area contributed by atoms with Crippen molar-refractivity contribution in [2.75, 3.05) is 13.1 Å². The van der Waals surface area contributed by atoms with Gasteiger partial charge in [-0.2, -0.15) is 0 Å². The topological polar surface area (TPSA) is 89.9 Å². The van der Waals surface area contributed by atoms with Crippen LogP contribution in [0.4, 0.5) is 4.79 Å². The highest BCUT2D eigenvalue weighted by Gasteiger charge is 2.32. The van der Waals surface area contributed by atoms with Gasteiger partial charge in [-0.3, -0.25) is 0 Å². The van der Waals surface area contributed by atoms with E-state index in [4.69, 9.17) is 10.2 Å². The molecule has 1 fully saturated rings. The van der Waals surface area contributed by atoms with Gasteiger partial charge in [-0.1, -0.05) is 13.8 Å². The van der Waals surface area contributed by atoms with E-state index >= 15 is 0 Å². The largest absolute Gasteiger partial charge is 0.479 e. The van der Waals surface area contributed by atoms with Gasteiger partial charge in [0.2, 0.25) is 0 Å². The summed E-state index contributed by atoms with van der Waals surface area (Å²) in [6, 6.07) is 0.184. The van der Waals surface area contributed by atoms with Gasteiger partial charge in [-0.05, 0) is 25.2 Å². The third kappa shape index (κ3) is 5.92. The van der Waals surface area contributed by atoms with E-state index in [1.54, 1.807) is 0 Å². The Morgan fingerprint density at radius 2 is 1.95 bits per heavy atom. The number of urea groups is 1. The van der Waals surface area contributed by atoms with E-state index in [1.807, 2.05) is 4.90 Å². The Balaban J connectivity index is 2.30. The van der Waals surface area contributed by atoms with Crippen LogP contribution >= 0.6 is 0 Å². The van der Waals surface area contributed by atoms with Crippen molar-refractivity contribution in [3.63, 3.8) is 0 Å². The van der Waals surface area contributed by atoms with Crippen LogP contribution in [0.5, 0.6) is 0 Å². The molecular formula is C13H24N2O4. The Labute approximate surface area is 113 Å². The molecule has 6 nitrogen and oxygen atoms in total. The number of aliphatic carboxylic acids is 1. The van der Waals surface area contributed by atoms with Crippen LogP contribution in [-0.2, 0) is 4.79 Å². The van der Waals surface area contributed by atoms with Gasteiger partial charge in [0.15, 0.2) is 6.10 Å². The highest BCUT2D eigenvalue weighted by molar-refractivity contribution is 5.75. The van der Waals surface area contributed by atoms with Gasteiger partial charge in [0.25, 0.3) is 0 Å². The van der Waals surface area contributed by atoms with Crippen LogP contribution in [0, 0.1) is 5.92 Å². The highest BCUT2D eigenvalue weighted by Crippen LogP contribution is 2.27. The molecule has 0 heterocycles. The Morgan fingerprint density at radius 1 is 1.32 bits per heavy atom. The number of carboxylic acid groups (broad SMARTS) is 1. The minimum atomic E-state index is -1.41. The molecule has 0 aromatic heterocycles. The van der Waals surface area contributed by atoms with E-state index < -0.39 is 12.1 Å². The van der Waals surface area contributed by atoms with Gasteiger partial charge in [-0.15, -0.1) is 0 Å². The number of hydrogen-bond acceptors (Lipinski definition) is 3. The normalized spacial score (nSPS) is 16.2. The molecule has 6 heteroatoms. The van der Waals surface area contributed by atoms with Gasteiger partial charge in [0.05, 0.1) is 0 Å². The summed E-state index contributed by atoms with van der Waals surface area (Å²) in [5, 5.41) is 20.3. The molecule has 0 radical (unpaired) electrons. The summed E-state index contributed by atoms with van der Waals surface area (Å²) in [5.41, 5.74) is 0. The highest BCUT2D eigenvalue weighted by atomic mass is 16.4. The van der Waals surface area contributed by atoms with Crippen LogP contribution < -0.4 is 5.32 Å². The van der Waals surface area contributed by atoms with Crippen molar-refractivity contribution in [1.82, 2.24) is 10.2 Å². The van der Waals surface area contributed by atoms with Crippen LogP contribution in [0.15, 0.2) is 0 Å². The monoisotopic (exact) mass is 272 g/mol. The van der Waals surface area contributed by atoms with E-state index in [9.17, 15) is 9.59 Å². The molecule has 1 rings (SSSR count). The maximum absolute atomic E-state index is 12.0. The molecule has 0 saturated heterocycles. The first-order chi connectivity index (χ1) is 8.91. The predicted molar refractivity (Wildman–Crippen MR) is 70.8 cm³/mol. The summed E-state index contributed by atoms with van der Waals surface area (Å²) in [5.74, 6) is -0.712. The molecule has 0 bridgehead atoms. The van der Waals surface area contributed by atoms with Gasteiger partial charge in [0.1, 0.15) is 0 Å². The summed E-state index contributed by atoms with van der Waals surface area (Å²) >= 11 is 0. The zero-order chi connectivity index (χ0) is 14.4. The summed E-state index contributed by atoms with van der Waals surface area (Å²) in [6.07, 6.45) is 1.67. The number of hydrogen-bond donors (Lipinski definition) is 3. The summed E-state index contributed by atoms with van der Waals surface area (Å²) in [7, 11) is 0. The van der Waals surface area contributed by atoms with E-state index in [2.05, 4.69) is 19.2 Å². The van der Waals surface area contributed by atoms with Crippen LogP contribution in [-0.4, -0.2) is 52.3 Å². The van der Waals surface area contributed by atoms with Crippen molar-refractivity contribution in [2.24, 2.45) is 5.92 Å². The molecule has 0 unspecified atom stereocenters. The molecule has 3 N–H and O–H groups in total.